The highest BCUT2D eigenvalue weighted by Gasteiger charge is 2.35. The molecule has 0 aliphatic rings. The third-order valence-corrected chi connectivity index (χ3v) is 4.67. The van der Waals surface area contributed by atoms with Gasteiger partial charge in [0.25, 0.3) is 0 Å². The van der Waals surface area contributed by atoms with Crippen molar-refractivity contribution in [1.82, 2.24) is 5.32 Å². The average molecular weight is 301 g/mol. The molecule has 6 nitrogen and oxygen atoms in total. The molecular formula is C13H20NO5P. The zero-order chi connectivity index (χ0) is 15.2. The van der Waals surface area contributed by atoms with Gasteiger partial charge in [-0.1, -0.05) is 44.2 Å². The molecular weight excluding hydrogens is 281 g/mol. The van der Waals surface area contributed by atoms with E-state index in [1.165, 1.54) is 0 Å². The average Bonchev–Trinajstić information content (AvgIpc) is 2.43. The fourth-order valence-electron chi connectivity index (χ4n) is 1.62. The van der Waals surface area contributed by atoms with E-state index in [2.05, 4.69) is 9.84 Å². The fourth-order valence-corrected chi connectivity index (χ4v) is 2.87. The van der Waals surface area contributed by atoms with E-state index in [0.717, 1.165) is 12.7 Å². The van der Waals surface area contributed by atoms with Gasteiger partial charge in [0.1, 0.15) is 12.4 Å². The Balaban J connectivity index is 2.57. The van der Waals surface area contributed by atoms with Crippen LogP contribution < -0.4 is 5.32 Å². The van der Waals surface area contributed by atoms with Gasteiger partial charge in [0.05, 0.1) is 0 Å². The van der Waals surface area contributed by atoms with Crippen LogP contribution in [0.15, 0.2) is 30.3 Å². The highest BCUT2D eigenvalue weighted by molar-refractivity contribution is 7.53. The molecule has 0 aromatic heterocycles. The van der Waals surface area contributed by atoms with Gasteiger partial charge >= 0.3 is 13.7 Å². The largest absolute Gasteiger partial charge is 0.445 e. The van der Waals surface area contributed by atoms with Crippen molar-refractivity contribution in [3.05, 3.63) is 35.9 Å². The van der Waals surface area contributed by atoms with Gasteiger partial charge in [-0.2, -0.15) is 0 Å². The summed E-state index contributed by atoms with van der Waals surface area (Å²) in [4.78, 5) is 21.3. The van der Waals surface area contributed by atoms with E-state index in [0.29, 0.717) is 0 Å². The van der Waals surface area contributed by atoms with Crippen LogP contribution in [0.25, 0.3) is 0 Å². The van der Waals surface area contributed by atoms with Gasteiger partial charge in [-0.3, -0.25) is 4.57 Å². The Morgan fingerprint density at radius 3 is 2.45 bits per heavy atom. The molecule has 0 bridgehead atoms. The van der Waals surface area contributed by atoms with Gasteiger partial charge in [0.2, 0.25) is 0 Å². The monoisotopic (exact) mass is 301 g/mol. The summed E-state index contributed by atoms with van der Waals surface area (Å²) < 4.78 is 21.4. The van der Waals surface area contributed by atoms with E-state index in [-0.39, 0.29) is 12.5 Å². The zero-order valence-corrected chi connectivity index (χ0v) is 12.7. The van der Waals surface area contributed by atoms with Crippen molar-refractivity contribution >= 4 is 13.7 Å². The summed E-state index contributed by atoms with van der Waals surface area (Å²) in [5, 5.41) is 2.38. The molecule has 1 amide bonds. The Morgan fingerprint density at radius 2 is 1.95 bits per heavy atom. The molecule has 7 heteroatoms. The first-order valence-corrected chi connectivity index (χ1v) is 7.87. The number of alkyl carbamates (subject to hydrolysis) is 1. The number of nitrogens with one attached hydrogen (secondary N) is 1. The Kier molecular flexibility index (Phi) is 6.20. The third-order valence-electron chi connectivity index (χ3n) is 2.72. The van der Waals surface area contributed by atoms with Crippen molar-refractivity contribution in [2.24, 2.45) is 5.92 Å². The van der Waals surface area contributed by atoms with Crippen LogP contribution in [0, 0.1) is 5.92 Å². The predicted molar refractivity (Wildman–Crippen MR) is 75.2 cm³/mol. The molecule has 2 atom stereocenters. The summed E-state index contributed by atoms with van der Waals surface area (Å²) in [5.74, 6) is -1.27. The molecule has 112 valence electrons. The van der Waals surface area contributed by atoms with Gasteiger partial charge in [0, 0.05) is 7.11 Å². The standard InChI is InChI=1S/C13H20NO5P/c1-10(2)12(20(16,17)18-3)14-13(15)19-9-11-7-5-4-6-8-11/h4-8,10,12H,9H2,1-3H3,(H,14,15)(H,16,17)/t12-/m1/s1. The third kappa shape index (κ3) is 4.96. The Labute approximate surface area is 118 Å². The highest BCUT2D eigenvalue weighted by Crippen LogP contribution is 2.48. The maximum atomic E-state index is 11.8. The molecule has 1 aromatic rings. The maximum Gasteiger partial charge on any atom is 0.408 e. The molecule has 0 heterocycles. The minimum atomic E-state index is -3.90. The number of rotatable bonds is 6. The summed E-state index contributed by atoms with van der Waals surface area (Å²) in [7, 11) is -2.77. The van der Waals surface area contributed by atoms with E-state index >= 15 is 0 Å². The van der Waals surface area contributed by atoms with Crippen molar-refractivity contribution in [2.75, 3.05) is 7.11 Å². The topological polar surface area (TPSA) is 84.9 Å². The second kappa shape index (κ2) is 7.43. The fraction of sp³-hybridized carbons (Fsp3) is 0.462. The lowest BCUT2D eigenvalue weighted by Crippen LogP contribution is -2.39. The molecule has 1 unspecified atom stereocenters. The molecule has 0 saturated carbocycles. The second-order valence-corrected chi connectivity index (χ2v) is 6.69. The van der Waals surface area contributed by atoms with Crippen LogP contribution in [0.3, 0.4) is 0 Å². The maximum absolute atomic E-state index is 11.8. The molecule has 1 rings (SSSR count). The lowest BCUT2D eigenvalue weighted by Gasteiger charge is -2.25. The summed E-state index contributed by atoms with van der Waals surface area (Å²) in [5.41, 5.74) is 0.836. The van der Waals surface area contributed by atoms with E-state index in [9.17, 15) is 14.3 Å². The summed E-state index contributed by atoms with van der Waals surface area (Å²) in [6.07, 6.45) is -0.751. The molecule has 2 N–H and O–H groups in total. The minimum absolute atomic E-state index is 0.0974. The Morgan fingerprint density at radius 1 is 1.35 bits per heavy atom. The van der Waals surface area contributed by atoms with Crippen molar-refractivity contribution < 1.29 is 23.5 Å². The van der Waals surface area contributed by atoms with E-state index in [1.54, 1.807) is 13.8 Å². The number of benzene rings is 1. The molecule has 0 fully saturated rings. The SMILES string of the molecule is COP(=O)(O)[C@@H](NC(=O)OCc1ccccc1)C(C)C. The molecule has 0 spiro atoms. The first-order valence-electron chi connectivity index (χ1n) is 6.22. The quantitative estimate of drug-likeness (QED) is 0.789. The molecule has 0 aliphatic heterocycles. The summed E-state index contributed by atoms with van der Waals surface area (Å²) in [6, 6.07) is 9.16. The van der Waals surface area contributed by atoms with E-state index in [1.807, 2.05) is 30.3 Å². The predicted octanol–water partition coefficient (Wildman–Crippen LogP) is 2.73. The first kappa shape index (κ1) is 16.7. The number of carbonyl (C=O) groups is 1. The minimum Gasteiger partial charge on any atom is -0.445 e. The van der Waals surface area contributed by atoms with Gasteiger partial charge in [-0.05, 0) is 11.5 Å². The lowest BCUT2D eigenvalue weighted by molar-refractivity contribution is 0.134. The summed E-state index contributed by atoms with van der Waals surface area (Å²) >= 11 is 0. The number of carbonyl (C=O) groups excluding carboxylic acids is 1. The van der Waals surface area contributed by atoms with E-state index < -0.39 is 19.5 Å². The highest BCUT2D eigenvalue weighted by atomic mass is 31.2. The Hall–Kier alpha value is -1.36. The van der Waals surface area contributed by atoms with Crippen LogP contribution >= 0.6 is 7.60 Å². The van der Waals surface area contributed by atoms with Crippen LogP contribution in [-0.2, 0) is 20.4 Å². The number of amides is 1. The van der Waals surface area contributed by atoms with Crippen molar-refractivity contribution in [3.8, 4) is 0 Å². The Bertz CT molecular complexity index is 477. The van der Waals surface area contributed by atoms with Crippen LogP contribution in [0.5, 0.6) is 0 Å². The first-order chi connectivity index (χ1) is 9.36. The smallest absolute Gasteiger partial charge is 0.408 e. The molecule has 20 heavy (non-hydrogen) atoms. The zero-order valence-electron chi connectivity index (χ0n) is 11.8. The molecule has 0 radical (unpaired) electrons. The molecule has 0 aliphatic carbocycles. The summed E-state index contributed by atoms with van der Waals surface area (Å²) in [6.45, 7) is 3.52. The van der Waals surface area contributed by atoms with E-state index in [4.69, 9.17) is 4.74 Å². The van der Waals surface area contributed by atoms with Gasteiger partial charge in [-0.15, -0.1) is 0 Å². The molecule has 1 aromatic carbocycles. The second-order valence-electron chi connectivity index (χ2n) is 4.64. The van der Waals surface area contributed by atoms with Crippen LogP contribution in [-0.4, -0.2) is 23.9 Å². The van der Waals surface area contributed by atoms with Gasteiger partial charge in [0.15, 0.2) is 0 Å². The molecule has 0 saturated heterocycles. The van der Waals surface area contributed by atoms with Crippen LogP contribution in [0.1, 0.15) is 19.4 Å². The van der Waals surface area contributed by atoms with Gasteiger partial charge < -0.3 is 19.5 Å². The van der Waals surface area contributed by atoms with Crippen LogP contribution in [0.4, 0.5) is 4.79 Å². The normalized spacial score (nSPS) is 15.4. The van der Waals surface area contributed by atoms with Crippen LogP contribution in [0.2, 0.25) is 0 Å². The number of ether oxygens (including phenoxy) is 1. The number of hydrogen-bond donors (Lipinski definition) is 2. The van der Waals surface area contributed by atoms with Crippen molar-refractivity contribution in [1.29, 1.82) is 0 Å². The van der Waals surface area contributed by atoms with Gasteiger partial charge in [-0.25, -0.2) is 4.79 Å². The lowest BCUT2D eigenvalue weighted by atomic mass is 10.2. The number of hydrogen-bond acceptors (Lipinski definition) is 4. The van der Waals surface area contributed by atoms with Crippen molar-refractivity contribution in [2.45, 2.75) is 26.2 Å². The van der Waals surface area contributed by atoms with Crippen molar-refractivity contribution in [3.63, 3.8) is 0 Å².